The van der Waals surface area contributed by atoms with Crippen LogP contribution in [0.2, 0.25) is 0 Å². The summed E-state index contributed by atoms with van der Waals surface area (Å²) in [7, 11) is 0. The minimum absolute atomic E-state index is 0.223. The number of carboxylic acid groups (broad SMARTS) is 1. The van der Waals surface area contributed by atoms with Gasteiger partial charge in [0, 0.05) is 12.1 Å². The maximum Gasteiger partial charge on any atom is 0.309 e. The molecule has 2 aromatic rings. The Bertz CT molecular complexity index is 708. The fourth-order valence-corrected chi connectivity index (χ4v) is 2.08. The van der Waals surface area contributed by atoms with Crippen LogP contribution in [-0.4, -0.2) is 38.3 Å². The third kappa shape index (κ3) is 3.94. The number of carboxylic acids is 1. The van der Waals surface area contributed by atoms with Gasteiger partial charge < -0.3 is 10.4 Å². The molecule has 0 saturated heterocycles. The maximum atomic E-state index is 12.2. The van der Waals surface area contributed by atoms with E-state index >= 15 is 0 Å². The number of nitrogens with zero attached hydrogens (tertiary/aromatic N) is 3. The number of benzene rings is 1. The number of aliphatic carboxylic acids is 1. The largest absolute Gasteiger partial charge is 0.481 e. The van der Waals surface area contributed by atoms with Crippen LogP contribution in [0, 0.1) is 12.3 Å². The standard InChI is InChI=1S/C16H20N4O3/c1-11-8-12(4-5-13(11)20-10-17-9-19-20)14(21)18-7-6-16(2,3)15(22)23/h4-5,8-10H,6-7H2,1-3H3,(H,18,21)(H,22,23). The fourth-order valence-electron chi connectivity index (χ4n) is 2.08. The van der Waals surface area contributed by atoms with Crippen LogP contribution >= 0.6 is 0 Å². The molecule has 0 spiro atoms. The SMILES string of the molecule is Cc1cc(C(=O)NCCC(C)(C)C(=O)O)ccc1-n1cncn1. The van der Waals surface area contributed by atoms with Crippen LogP contribution in [-0.2, 0) is 4.79 Å². The van der Waals surface area contributed by atoms with E-state index in [-0.39, 0.29) is 5.91 Å². The van der Waals surface area contributed by atoms with Gasteiger partial charge in [-0.2, -0.15) is 5.10 Å². The lowest BCUT2D eigenvalue weighted by molar-refractivity contribution is -0.147. The highest BCUT2D eigenvalue weighted by atomic mass is 16.4. The number of hydrogen-bond donors (Lipinski definition) is 2. The quantitative estimate of drug-likeness (QED) is 0.847. The summed E-state index contributed by atoms with van der Waals surface area (Å²) in [5, 5.41) is 15.9. The van der Waals surface area contributed by atoms with Gasteiger partial charge >= 0.3 is 5.97 Å². The second-order valence-electron chi connectivity index (χ2n) is 6.04. The molecule has 0 aliphatic heterocycles. The lowest BCUT2D eigenvalue weighted by Gasteiger charge is -2.19. The highest BCUT2D eigenvalue weighted by molar-refractivity contribution is 5.94. The Labute approximate surface area is 134 Å². The molecule has 0 unspecified atom stereocenters. The van der Waals surface area contributed by atoms with E-state index in [1.54, 1.807) is 43.1 Å². The number of amides is 1. The summed E-state index contributed by atoms with van der Waals surface area (Å²) in [6.45, 7) is 5.47. The molecule has 1 aromatic carbocycles. The maximum absolute atomic E-state index is 12.2. The predicted molar refractivity (Wildman–Crippen MR) is 84.5 cm³/mol. The summed E-state index contributed by atoms with van der Waals surface area (Å²) in [6.07, 6.45) is 3.41. The minimum atomic E-state index is -0.875. The monoisotopic (exact) mass is 316 g/mol. The van der Waals surface area contributed by atoms with E-state index in [1.165, 1.54) is 6.33 Å². The Kier molecular flexibility index (Phi) is 4.78. The first kappa shape index (κ1) is 16.7. The van der Waals surface area contributed by atoms with Gasteiger partial charge in [0.1, 0.15) is 12.7 Å². The van der Waals surface area contributed by atoms with E-state index in [1.807, 2.05) is 6.92 Å². The molecule has 2 N–H and O–H groups in total. The molecule has 122 valence electrons. The molecule has 0 aliphatic carbocycles. The van der Waals surface area contributed by atoms with Crippen molar-refractivity contribution in [2.75, 3.05) is 6.54 Å². The lowest BCUT2D eigenvalue weighted by atomic mass is 9.89. The highest BCUT2D eigenvalue weighted by Crippen LogP contribution is 2.19. The van der Waals surface area contributed by atoms with Crippen molar-refractivity contribution in [3.8, 4) is 5.69 Å². The van der Waals surface area contributed by atoms with Crippen LogP contribution in [0.25, 0.3) is 5.69 Å². The van der Waals surface area contributed by atoms with Crippen molar-refractivity contribution in [3.63, 3.8) is 0 Å². The van der Waals surface area contributed by atoms with Gasteiger partial charge in [-0.1, -0.05) is 0 Å². The van der Waals surface area contributed by atoms with Crippen molar-refractivity contribution < 1.29 is 14.7 Å². The average molecular weight is 316 g/mol. The van der Waals surface area contributed by atoms with E-state index in [4.69, 9.17) is 5.11 Å². The molecule has 7 nitrogen and oxygen atoms in total. The van der Waals surface area contributed by atoms with Gasteiger partial charge in [0.05, 0.1) is 11.1 Å². The molecule has 0 aliphatic rings. The van der Waals surface area contributed by atoms with E-state index in [0.717, 1.165) is 11.3 Å². The van der Waals surface area contributed by atoms with Crippen molar-refractivity contribution in [1.29, 1.82) is 0 Å². The zero-order valence-corrected chi connectivity index (χ0v) is 13.4. The zero-order chi connectivity index (χ0) is 17.0. The van der Waals surface area contributed by atoms with Gasteiger partial charge in [-0.3, -0.25) is 9.59 Å². The minimum Gasteiger partial charge on any atom is -0.481 e. The van der Waals surface area contributed by atoms with Crippen molar-refractivity contribution in [2.45, 2.75) is 27.2 Å². The van der Waals surface area contributed by atoms with Gasteiger partial charge in [0.25, 0.3) is 5.91 Å². The van der Waals surface area contributed by atoms with Gasteiger partial charge in [-0.15, -0.1) is 0 Å². The molecule has 0 fully saturated rings. The van der Waals surface area contributed by atoms with Crippen LogP contribution in [0.4, 0.5) is 0 Å². The smallest absolute Gasteiger partial charge is 0.309 e. The molecular formula is C16H20N4O3. The molecule has 1 aromatic heterocycles. The molecule has 0 saturated carbocycles. The first-order valence-corrected chi connectivity index (χ1v) is 7.28. The molecule has 2 rings (SSSR count). The third-order valence-corrected chi connectivity index (χ3v) is 3.74. The fraction of sp³-hybridized carbons (Fsp3) is 0.375. The average Bonchev–Trinajstić information content (AvgIpc) is 3.00. The van der Waals surface area contributed by atoms with Crippen molar-refractivity contribution in [2.24, 2.45) is 5.41 Å². The lowest BCUT2D eigenvalue weighted by Crippen LogP contribution is -2.32. The number of carbonyl (C=O) groups is 2. The molecule has 0 bridgehead atoms. The second kappa shape index (κ2) is 6.60. The Hall–Kier alpha value is -2.70. The number of rotatable bonds is 6. The summed E-state index contributed by atoms with van der Waals surface area (Å²) >= 11 is 0. The molecule has 1 amide bonds. The molecule has 7 heteroatoms. The Morgan fingerprint density at radius 2 is 2.09 bits per heavy atom. The van der Waals surface area contributed by atoms with Crippen LogP contribution in [0.1, 0.15) is 36.2 Å². The summed E-state index contributed by atoms with van der Waals surface area (Å²) in [5.41, 5.74) is 1.42. The van der Waals surface area contributed by atoms with Gasteiger partial charge in [-0.05, 0) is 51.0 Å². The molecular weight excluding hydrogens is 296 g/mol. The number of carbonyl (C=O) groups excluding carboxylic acids is 1. The van der Waals surface area contributed by atoms with Gasteiger partial charge in [0.15, 0.2) is 0 Å². The summed E-state index contributed by atoms with van der Waals surface area (Å²) in [5.74, 6) is -1.10. The normalized spacial score (nSPS) is 11.3. The topological polar surface area (TPSA) is 97.1 Å². The van der Waals surface area contributed by atoms with Crippen molar-refractivity contribution in [1.82, 2.24) is 20.1 Å². The van der Waals surface area contributed by atoms with Gasteiger partial charge in [-0.25, -0.2) is 9.67 Å². The van der Waals surface area contributed by atoms with Gasteiger partial charge in [0.2, 0.25) is 0 Å². The van der Waals surface area contributed by atoms with E-state index in [9.17, 15) is 9.59 Å². The zero-order valence-electron chi connectivity index (χ0n) is 13.4. The summed E-state index contributed by atoms with van der Waals surface area (Å²) in [6, 6.07) is 5.29. The Morgan fingerprint density at radius 3 is 2.65 bits per heavy atom. The molecule has 0 radical (unpaired) electrons. The predicted octanol–water partition coefficient (Wildman–Crippen LogP) is 1.81. The number of hydrogen-bond acceptors (Lipinski definition) is 4. The Balaban J connectivity index is 2.01. The van der Waals surface area contributed by atoms with Crippen LogP contribution in [0.5, 0.6) is 0 Å². The molecule has 1 heterocycles. The van der Waals surface area contributed by atoms with Crippen LogP contribution in [0.3, 0.4) is 0 Å². The van der Waals surface area contributed by atoms with Crippen LogP contribution in [0.15, 0.2) is 30.9 Å². The number of nitrogens with one attached hydrogen (secondary N) is 1. The van der Waals surface area contributed by atoms with E-state index in [0.29, 0.717) is 18.5 Å². The highest BCUT2D eigenvalue weighted by Gasteiger charge is 2.26. The summed E-state index contributed by atoms with van der Waals surface area (Å²) < 4.78 is 1.63. The molecule has 23 heavy (non-hydrogen) atoms. The molecule has 0 atom stereocenters. The van der Waals surface area contributed by atoms with E-state index < -0.39 is 11.4 Å². The third-order valence-electron chi connectivity index (χ3n) is 3.74. The summed E-state index contributed by atoms with van der Waals surface area (Å²) in [4.78, 5) is 27.1. The first-order valence-electron chi connectivity index (χ1n) is 7.28. The van der Waals surface area contributed by atoms with Crippen LogP contribution < -0.4 is 5.32 Å². The first-order chi connectivity index (χ1) is 10.8. The Morgan fingerprint density at radius 1 is 1.35 bits per heavy atom. The number of aryl methyl sites for hydroxylation is 1. The van der Waals surface area contributed by atoms with Crippen molar-refractivity contribution in [3.05, 3.63) is 42.0 Å². The van der Waals surface area contributed by atoms with E-state index in [2.05, 4.69) is 15.4 Å². The van der Waals surface area contributed by atoms with Crippen molar-refractivity contribution >= 4 is 11.9 Å². The number of aromatic nitrogens is 3. The second-order valence-corrected chi connectivity index (χ2v) is 6.04.